The molecule has 1 heteroatoms. The summed E-state index contributed by atoms with van der Waals surface area (Å²) in [5.74, 6) is 2.12. The number of fused-ring (bicyclic) bond motifs is 5. The summed E-state index contributed by atoms with van der Waals surface area (Å²) in [5, 5.41) is 10.6. The van der Waals surface area contributed by atoms with Gasteiger partial charge in [-0.05, 0) is 109 Å². The Kier molecular flexibility index (Phi) is 3.52. The highest BCUT2D eigenvalue weighted by Gasteiger charge is 2.61. The predicted molar refractivity (Wildman–Crippen MR) is 105 cm³/mol. The number of benzene rings is 1. The largest absolute Gasteiger partial charge is 0.507 e. The van der Waals surface area contributed by atoms with E-state index in [0.717, 1.165) is 23.0 Å². The van der Waals surface area contributed by atoms with Crippen LogP contribution in [0.25, 0.3) is 0 Å². The number of phenols is 1. The number of phenolic OH excluding ortho intramolecular Hbond substituents is 1. The van der Waals surface area contributed by atoms with E-state index in [9.17, 15) is 5.11 Å². The van der Waals surface area contributed by atoms with Crippen molar-refractivity contribution >= 4 is 0 Å². The van der Waals surface area contributed by atoms with Gasteiger partial charge in [-0.15, -0.1) is 0 Å². The maximum atomic E-state index is 10.6. The lowest BCUT2D eigenvalue weighted by molar-refractivity contribution is -0.0983. The molecule has 138 valence electrons. The Labute approximate surface area is 154 Å². The van der Waals surface area contributed by atoms with E-state index in [0.29, 0.717) is 22.0 Å². The van der Waals surface area contributed by atoms with Crippen molar-refractivity contribution in [1.82, 2.24) is 0 Å². The van der Waals surface area contributed by atoms with Crippen LogP contribution in [-0.2, 0) is 11.8 Å². The molecule has 1 nitrogen and oxygen atoms in total. The summed E-state index contributed by atoms with van der Waals surface area (Å²) in [5.41, 5.74) is 7.92. The van der Waals surface area contributed by atoms with Gasteiger partial charge in [0.2, 0.25) is 0 Å². The molecule has 1 N–H and O–H groups in total. The molecule has 0 aromatic heterocycles. The first-order chi connectivity index (χ1) is 11.5. The molecule has 3 aliphatic rings. The predicted octanol–water partition coefficient (Wildman–Crippen LogP) is 6.37. The molecule has 4 atom stereocenters. The van der Waals surface area contributed by atoms with Crippen molar-refractivity contribution in [3.05, 3.63) is 27.8 Å². The van der Waals surface area contributed by atoms with Gasteiger partial charge in [0, 0.05) is 0 Å². The van der Waals surface area contributed by atoms with Crippen LogP contribution >= 0.6 is 0 Å². The summed E-state index contributed by atoms with van der Waals surface area (Å²) >= 11 is 0. The van der Waals surface area contributed by atoms with Gasteiger partial charge in [-0.25, -0.2) is 0 Å². The van der Waals surface area contributed by atoms with Crippen LogP contribution < -0.4 is 0 Å². The summed E-state index contributed by atoms with van der Waals surface area (Å²) in [6.45, 7) is 16.7. The quantitative estimate of drug-likeness (QED) is 0.581. The molecule has 4 rings (SSSR count). The molecule has 25 heavy (non-hydrogen) atoms. The summed E-state index contributed by atoms with van der Waals surface area (Å²) < 4.78 is 0. The van der Waals surface area contributed by atoms with Gasteiger partial charge in [0.05, 0.1) is 0 Å². The monoisotopic (exact) mass is 340 g/mol. The van der Waals surface area contributed by atoms with E-state index in [1.807, 2.05) is 0 Å². The smallest absolute Gasteiger partial charge is 0.121 e. The van der Waals surface area contributed by atoms with Gasteiger partial charge in [0.15, 0.2) is 0 Å². The lowest BCUT2D eigenvalue weighted by Gasteiger charge is -2.61. The van der Waals surface area contributed by atoms with E-state index in [4.69, 9.17) is 0 Å². The fourth-order valence-electron chi connectivity index (χ4n) is 7.84. The molecule has 1 aromatic carbocycles. The topological polar surface area (TPSA) is 20.2 Å². The minimum Gasteiger partial charge on any atom is -0.507 e. The summed E-state index contributed by atoms with van der Waals surface area (Å²) in [7, 11) is 0. The van der Waals surface area contributed by atoms with Gasteiger partial charge in [-0.2, -0.15) is 0 Å². The first kappa shape index (κ1) is 17.4. The van der Waals surface area contributed by atoms with Crippen molar-refractivity contribution in [3.8, 4) is 5.75 Å². The molecule has 2 unspecified atom stereocenters. The molecule has 0 spiro atoms. The highest BCUT2D eigenvalue weighted by molar-refractivity contribution is 5.59. The zero-order valence-electron chi connectivity index (χ0n) is 17.3. The maximum absolute atomic E-state index is 10.6. The summed E-state index contributed by atoms with van der Waals surface area (Å²) in [6.07, 6.45) is 8.02. The Morgan fingerprint density at radius 2 is 1.52 bits per heavy atom. The fraction of sp³-hybridized carbons (Fsp3) is 0.750. The molecule has 1 aromatic rings. The van der Waals surface area contributed by atoms with E-state index in [-0.39, 0.29) is 0 Å². The van der Waals surface area contributed by atoms with Crippen LogP contribution in [-0.4, -0.2) is 5.11 Å². The van der Waals surface area contributed by atoms with Gasteiger partial charge in [0.25, 0.3) is 0 Å². The van der Waals surface area contributed by atoms with Crippen LogP contribution in [0, 0.1) is 43.4 Å². The second-order valence-electron chi connectivity index (χ2n) is 10.7. The third kappa shape index (κ3) is 2.02. The van der Waals surface area contributed by atoms with Crippen LogP contribution in [0.2, 0.25) is 0 Å². The minimum absolute atomic E-state index is 0.293. The van der Waals surface area contributed by atoms with Crippen molar-refractivity contribution in [3.63, 3.8) is 0 Å². The average molecular weight is 341 g/mol. The van der Waals surface area contributed by atoms with Crippen LogP contribution in [0.3, 0.4) is 0 Å². The molecular formula is C24H36O. The van der Waals surface area contributed by atoms with Gasteiger partial charge in [-0.1, -0.05) is 34.1 Å². The molecule has 0 saturated heterocycles. The number of hydrogen-bond acceptors (Lipinski definition) is 1. The zero-order chi connectivity index (χ0) is 18.4. The van der Waals surface area contributed by atoms with Crippen LogP contribution in [0.4, 0.5) is 0 Å². The third-order valence-electron chi connectivity index (χ3n) is 9.18. The molecule has 2 fully saturated rings. The van der Waals surface area contributed by atoms with Crippen LogP contribution in [0.5, 0.6) is 5.75 Å². The molecule has 0 amide bonds. The van der Waals surface area contributed by atoms with Crippen molar-refractivity contribution in [2.45, 2.75) is 92.4 Å². The fourth-order valence-corrected chi connectivity index (χ4v) is 7.84. The Morgan fingerprint density at radius 3 is 2.20 bits per heavy atom. The zero-order valence-corrected chi connectivity index (χ0v) is 17.3. The van der Waals surface area contributed by atoms with Crippen LogP contribution in [0.1, 0.15) is 87.6 Å². The molecule has 0 heterocycles. The van der Waals surface area contributed by atoms with E-state index >= 15 is 0 Å². The Morgan fingerprint density at radius 1 is 0.840 bits per heavy atom. The molecular weight excluding hydrogens is 304 g/mol. The standard InChI is InChI=1S/C24H36O/c1-14-15(2)21(25)16(3)17-13-19-23(6)11-8-10-22(4,5)18(23)9-12-24(19,7)20(14)17/h18-19,25H,8-13H2,1-7H3/t18-,19?,23-,24?/m0/s1. The summed E-state index contributed by atoms with van der Waals surface area (Å²) in [6, 6.07) is 0. The number of aromatic hydroxyl groups is 1. The minimum atomic E-state index is 0.293. The Bertz CT molecular complexity index is 743. The Balaban J connectivity index is 1.90. The maximum Gasteiger partial charge on any atom is 0.121 e. The van der Waals surface area contributed by atoms with Gasteiger partial charge in [0.1, 0.15) is 5.75 Å². The molecule has 0 radical (unpaired) electrons. The number of rotatable bonds is 0. The molecule has 3 aliphatic carbocycles. The Hall–Kier alpha value is -0.980. The van der Waals surface area contributed by atoms with E-state index < -0.39 is 0 Å². The van der Waals surface area contributed by atoms with Gasteiger partial charge < -0.3 is 5.11 Å². The van der Waals surface area contributed by atoms with Crippen molar-refractivity contribution in [2.75, 3.05) is 0 Å². The van der Waals surface area contributed by atoms with Crippen molar-refractivity contribution in [2.24, 2.45) is 22.7 Å². The normalized spacial score (nSPS) is 38.8. The first-order valence-corrected chi connectivity index (χ1v) is 10.4. The van der Waals surface area contributed by atoms with Crippen molar-refractivity contribution in [1.29, 1.82) is 0 Å². The van der Waals surface area contributed by atoms with E-state index in [1.165, 1.54) is 49.7 Å². The second kappa shape index (κ2) is 5.05. The van der Waals surface area contributed by atoms with Gasteiger partial charge in [-0.3, -0.25) is 0 Å². The van der Waals surface area contributed by atoms with Crippen molar-refractivity contribution < 1.29 is 5.11 Å². The highest BCUT2D eigenvalue weighted by atomic mass is 16.3. The SMILES string of the molecule is Cc1c(C)c2c(c(C)c1O)CC1C2(C)CC[C@H]2C(C)(C)CCC[C@]12C. The second-order valence-corrected chi connectivity index (χ2v) is 10.7. The van der Waals surface area contributed by atoms with E-state index in [1.54, 1.807) is 5.56 Å². The highest BCUT2D eigenvalue weighted by Crippen LogP contribution is 2.68. The lowest BCUT2D eigenvalue weighted by atomic mass is 9.43. The van der Waals surface area contributed by atoms with Gasteiger partial charge >= 0.3 is 0 Å². The lowest BCUT2D eigenvalue weighted by Crippen LogP contribution is -2.55. The summed E-state index contributed by atoms with van der Waals surface area (Å²) in [4.78, 5) is 0. The van der Waals surface area contributed by atoms with Crippen LogP contribution in [0.15, 0.2) is 0 Å². The molecule has 0 aliphatic heterocycles. The first-order valence-electron chi connectivity index (χ1n) is 10.4. The molecule has 0 bridgehead atoms. The van der Waals surface area contributed by atoms with E-state index in [2.05, 4.69) is 48.5 Å². The average Bonchev–Trinajstić information content (AvgIpc) is 2.85. The third-order valence-corrected chi connectivity index (χ3v) is 9.18. The number of hydrogen-bond donors (Lipinski definition) is 1. The molecule has 2 saturated carbocycles.